The van der Waals surface area contributed by atoms with Crippen LogP contribution in [0.25, 0.3) is 0 Å². The summed E-state index contributed by atoms with van der Waals surface area (Å²) in [4.78, 5) is 43.9. The highest BCUT2D eigenvalue weighted by molar-refractivity contribution is 6.04. The van der Waals surface area contributed by atoms with Gasteiger partial charge in [0.05, 0.1) is 32.1 Å². The van der Waals surface area contributed by atoms with Crippen molar-refractivity contribution in [3.05, 3.63) is 80.9 Å². The molecule has 3 aromatic rings. The number of methoxy groups -OCH3 is 2. The van der Waals surface area contributed by atoms with Crippen molar-refractivity contribution < 1.29 is 14.3 Å². The average Bonchev–Trinajstić information content (AvgIpc) is 2.71. The standard InChI is InChI=1S/C19H18N4O5/c1-27-13-6-7-16(28-2)15(9-13)22-17(24)14-10-21-19(26)23(18(14)25)11-12-5-3-4-8-20-12/h3-10H,11H2,1-2H3,(H,21,26)(H,22,24). The van der Waals surface area contributed by atoms with E-state index < -0.39 is 17.2 Å². The normalized spacial score (nSPS) is 10.4. The van der Waals surface area contributed by atoms with Gasteiger partial charge >= 0.3 is 5.69 Å². The summed E-state index contributed by atoms with van der Waals surface area (Å²) in [6, 6.07) is 10.0. The highest BCUT2D eigenvalue weighted by Gasteiger charge is 2.17. The number of pyridine rings is 1. The van der Waals surface area contributed by atoms with Gasteiger partial charge in [-0.3, -0.25) is 19.1 Å². The molecule has 2 N–H and O–H groups in total. The van der Waals surface area contributed by atoms with Crippen LogP contribution in [0.1, 0.15) is 16.1 Å². The van der Waals surface area contributed by atoms with Gasteiger partial charge in [-0.15, -0.1) is 0 Å². The molecule has 1 aromatic carbocycles. The number of anilines is 1. The summed E-state index contributed by atoms with van der Waals surface area (Å²) in [6.07, 6.45) is 2.64. The molecule has 0 saturated carbocycles. The first-order valence-electron chi connectivity index (χ1n) is 8.29. The number of nitrogens with one attached hydrogen (secondary N) is 2. The second-order valence-electron chi connectivity index (χ2n) is 5.74. The highest BCUT2D eigenvalue weighted by atomic mass is 16.5. The van der Waals surface area contributed by atoms with Gasteiger partial charge in [0.15, 0.2) is 0 Å². The average molecular weight is 382 g/mol. The summed E-state index contributed by atoms with van der Waals surface area (Å²) in [7, 11) is 2.95. The minimum absolute atomic E-state index is 0.0569. The Morgan fingerprint density at radius 2 is 2.00 bits per heavy atom. The largest absolute Gasteiger partial charge is 0.497 e. The van der Waals surface area contributed by atoms with Crippen LogP contribution in [0.5, 0.6) is 11.5 Å². The Balaban J connectivity index is 1.94. The molecule has 144 valence electrons. The van der Waals surface area contributed by atoms with Crippen molar-refractivity contribution in [3.63, 3.8) is 0 Å². The first-order chi connectivity index (χ1) is 13.5. The quantitative estimate of drug-likeness (QED) is 0.663. The molecule has 0 aliphatic heterocycles. The van der Waals surface area contributed by atoms with Gasteiger partial charge in [0.25, 0.3) is 11.5 Å². The molecule has 9 nitrogen and oxygen atoms in total. The topological polar surface area (TPSA) is 115 Å². The molecule has 9 heteroatoms. The number of ether oxygens (including phenoxy) is 2. The molecule has 1 amide bonds. The molecule has 0 unspecified atom stereocenters. The Morgan fingerprint density at radius 3 is 2.68 bits per heavy atom. The predicted octanol–water partition coefficient (Wildman–Crippen LogP) is 1.25. The maximum Gasteiger partial charge on any atom is 0.328 e. The number of carbonyl (C=O) groups excluding carboxylic acids is 1. The lowest BCUT2D eigenvalue weighted by Crippen LogP contribution is -2.39. The lowest BCUT2D eigenvalue weighted by Gasteiger charge is -2.12. The van der Waals surface area contributed by atoms with Crippen LogP contribution in [0.15, 0.2) is 58.4 Å². The number of hydrogen-bond acceptors (Lipinski definition) is 6. The molecule has 0 radical (unpaired) electrons. The molecule has 0 atom stereocenters. The zero-order chi connectivity index (χ0) is 20.1. The zero-order valence-electron chi connectivity index (χ0n) is 15.3. The van der Waals surface area contributed by atoms with Crippen LogP contribution in [0, 0.1) is 0 Å². The monoisotopic (exact) mass is 382 g/mol. The van der Waals surface area contributed by atoms with E-state index in [2.05, 4.69) is 15.3 Å². The van der Waals surface area contributed by atoms with Crippen LogP contribution >= 0.6 is 0 Å². The van der Waals surface area contributed by atoms with Crippen LogP contribution in [0.4, 0.5) is 5.69 Å². The van der Waals surface area contributed by atoms with Gasteiger partial charge in [0.2, 0.25) is 0 Å². The van der Waals surface area contributed by atoms with E-state index in [0.29, 0.717) is 22.9 Å². The smallest absolute Gasteiger partial charge is 0.328 e. The summed E-state index contributed by atoms with van der Waals surface area (Å²) in [5.41, 5.74) is -0.740. The summed E-state index contributed by atoms with van der Waals surface area (Å²) >= 11 is 0. The second-order valence-corrected chi connectivity index (χ2v) is 5.74. The zero-order valence-corrected chi connectivity index (χ0v) is 15.3. The van der Waals surface area contributed by atoms with Crippen LogP contribution < -0.4 is 26.0 Å². The van der Waals surface area contributed by atoms with E-state index in [1.807, 2.05) is 0 Å². The first kappa shape index (κ1) is 18.9. The van der Waals surface area contributed by atoms with Gasteiger partial charge < -0.3 is 19.8 Å². The van der Waals surface area contributed by atoms with Gasteiger partial charge in [-0.1, -0.05) is 6.07 Å². The number of benzene rings is 1. The number of rotatable bonds is 6. The Kier molecular flexibility index (Phi) is 5.54. The lowest BCUT2D eigenvalue weighted by molar-refractivity contribution is 0.102. The fourth-order valence-corrected chi connectivity index (χ4v) is 2.57. The third-order valence-corrected chi connectivity index (χ3v) is 4.01. The molecule has 2 aromatic heterocycles. The Morgan fingerprint density at radius 1 is 1.18 bits per heavy atom. The molecule has 2 heterocycles. The van der Waals surface area contributed by atoms with E-state index in [1.165, 1.54) is 14.2 Å². The molecule has 0 aliphatic rings. The molecule has 0 aliphatic carbocycles. The molecule has 0 spiro atoms. The summed E-state index contributed by atoms with van der Waals surface area (Å²) in [5.74, 6) is 0.208. The van der Waals surface area contributed by atoms with E-state index in [9.17, 15) is 14.4 Å². The fraction of sp³-hybridized carbons (Fsp3) is 0.158. The second kappa shape index (κ2) is 8.21. The molecular weight excluding hydrogens is 364 g/mol. The molecule has 0 bridgehead atoms. The van der Waals surface area contributed by atoms with E-state index in [0.717, 1.165) is 10.8 Å². The minimum Gasteiger partial charge on any atom is -0.497 e. The van der Waals surface area contributed by atoms with Crippen LogP contribution in [0.3, 0.4) is 0 Å². The Bertz CT molecular complexity index is 1110. The molecular formula is C19H18N4O5. The van der Waals surface area contributed by atoms with E-state index in [1.54, 1.807) is 42.6 Å². The number of H-pyrrole nitrogens is 1. The summed E-state index contributed by atoms with van der Waals surface area (Å²) in [5, 5.41) is 2.61. The van der Waals surface area contributed by atoms with Crippen molar-refractivity contribution in [3.8, 4) is 11.5 Å². The maximum absolute atomic E-state index is 12.7. The third-order valence-electron chi connectivity index (χ3n) is 4.01. The molecule has 28 heavy (non-hydrogen) atoms. The maximum atomic E-state index is 12.7. The van der Waals surface area contributed by atoms with Crippen molar-refractivity contribution in [2.24, 2.45) is 0 Å². The SMILES string of the molecule is COc1ccc(OC)c(NC(=O)c2c[nH]c(=O)n(Cc3ccccn3)c2=O)c1. The van der Waals surface area contributed by atoms with Crippen molar-refractivity contribution in [2.75, 3.05) is 19.5 Å². The number of nitrogens with zero attached hydrogens (tertiary/aromatic N) is 2. The molecule has 0 saturated heterocycles. The van der Waals surface area contributed by atoms with E-state index in [4.69, 9.17) is 9.47 Å². The number of aromatic amines is 1. The van der Waals surface area contributed by atoms with Crippen LogP contribution in [-0.4, -0.2) is 34.7 Å². The molecule has 0 fully saturated rings. The Hall–Kier alpha value is -3.88. The predicted molar refractivity (Wildman–Crippen MR) is 102 cm³/mol. The van der Waals surface area contributed by atoms with Crippen molar-refractivity contribution in [1.82, 2.24) is 14.5 Å². The van der Waals surface area contributed by atoms with Gasteiger partial charge in [0, 0.05) is 18.5 Å². The van der Waals surface area contributed by atoms with Gasteiger partial charge in [-0.2, -0.15) is 0 Å². The van der Waals surface area contributed by atoms with Crippen LogP contribution in [-0.2, 0) is 6.54 Å². The first-order valence-corrected chi connectivity index (χ1v) is 8.29. The third kappa shape index (κ3) is 3.93. The van der Waals surface area contributed by atoms with Gasteiger partial charge in [0.1, 0.15) is 17.1 Å². The van der Waals surface area contributed by atoms with E-state index in [-0.39, 0.29) is 12.1 Å². The van der Waals surface area contributed by atoms with Crippen molar-refractivity contribution >= 4 is 11.6 Å². The fourth-order valence-electron chi connectivity index (χ4n) is 2.57. The summed E-state index contributed by atoms with van der Waals surface area (Å²) in [6.45, 7) is -0.0569. The van der Waals surface area contributed by atoms with Gasteiger partial charge in [-0.05, 0) is 24.3 Å². The van der Waals surface area contributed by atoms with Crippen molar-refractivity contribution in [1.29, 1.82) is 0 Å². The lowest BCUT2D eigenvalue weighted by atomic mass is 10.2. The van der Waals surface area contributed by atoms with Gasteiger partial charge in [-0.25, -0.2) is 4.79 Å². The minimum atomic E-state index is -0.728. The Labute approximate surface area is 159 Å². The van der Waals surface area contributed by atoms with Crippen molar-refractivity contribution in [2.45, 2.75) is 6.54 Å². The number of aromatic nitrogens is 3. The highest BCUT2D eigenvalue weighted by Crippen LogP contribution is 2.29. The number of carbonyl (C=O) groups is 1. The number of amides is 1. The summed E-state index contributed by atoms with van der Waals surface area (Å²) < 4.78 is 11.3. The van der Waals surface area contributed by atoms with E-state index >= 15 is 0 Å². The number of hydrogen-bond donors (Lipinski definition) is 2. The molecule has 3 rings (SSSR count). The van der Waals surface area contributed by atoms with Crippen LogP contribution in [0.2, 0.25) is 0 Å².